The molecule has 1 atom stereocenters. The second kappa shape index (κ2) is 5.54. The summed E-state index contributed by atoms with van der Waals surface area (Å²) in [6.45, 7) is 2.23. The van der Waals surface area contributed by atoms with Gasteiger partial charge in [-0.3, -0.25) is 0 Å². The van der Waals surface area contributed by atoms with Crippen molar-refractivity contribution >= 4 is 22.9 Å². The Labute approximate surface area is 109 Å². The van der Waals surface area contributed by atoms with E-state index < -0.39 is 6.10 Å². The Morgan fingerprint density at radius 3 is 2.82 bits per heavy atom. The molecular formula is C13H13ClO2S. The van der Waals surface area contributed by atoms with Crippen LogP contribution in [0, 0.1) is 0 Å². The summed E-state index contributed by atoms with van der Waals surface area (Å²) in [5, 5.41) is 10.9. The van der Waals surface area contributed by atoms with E-state index in [0.29, 0.717) is 11.6 Å². The molecule has 0 aliphatic carbocycles. The lowest BCUT2D eigenvalue weighted by atomic mass is 10.2. The van der Waals surface area contributed by atoms with Crippen LogP contribution in [0.5, 0.6) is 5.06 Å². The maximum Gasteiger partial charge on any atom is 0.174 e. The number of hydrogen-bond donors (Lipinski definition) is 1. The molecule has 0 fully saturated rings. The zero-order valence-electron chi connectivity index (χ0n) is 9.39. The third kappa shape index (κ3) is 3.46. The van der Waals surface area contributed by atoms with Gasteiger partial charge in [-0.15, -0.1) is 11.3 Å². The van der Waals surface area contributed by atoms with Gasteiger partial charge in [0.25, 0.3) is 0 Å². The van der Waals surface area contributed by atoms with Gasteiger partial charge in [0.05, 0.1) is 6.10 Å². The monoisotopic (exact) mass is 268 g/mol. The zero-order valence-corrected chi connectivity index (χ0v) is 11.0. The molecule has 1 aromatic carbocycles. The molecule has 2 rings (SSSR count). The Hall–Kier alpha value is -1.03. The van der Waals surface area contributed by atoms with Crippen molar-refractivity contribution in [3.63, 3.8) is 0 Å². The molecule has 0 aliphatic rings. The molecule has 0 spiro atoms. The first-order chi connectivity index (χ1) is 8.15. The first kappa shape index (κ1) is 12.4. The van der Waals surface area contributed by atoms with Crippen LogP contribution in [0.4, 0.5) is 0 Å². The van der Waals surface area contributed by atoms with Crippen LogP contribution >= 0.6 is 22.9 Å². The molecule has 1 heterocycles. The van der Waals surface area contributed by atoms with Gasteiger partial charge in [-0.1, -0.05) is 23.7 Å². The third-order valence-corrected chi connectivity index (χ3v) is 3.69. The molecule has 2 nitrogen and oxygen atoms in total. The van der Waals surface area contributed by atoms with E-state index in [1.165, 1.54) is 11.3 Å². The molecule has 0 bridgehead atoms. The molecular weight excluding hydrogens is 256 g/mol. The van der Waals surface area contributed by atoms with Crippen molar-refractivity contribution in [2.45, 2.75) is 19.6 Å². The van der Waals surface area contributed by atoms with E-state index in [1.807, 2.05) is 36.4 Å². The molecule has 1 N–H and O–H groups in total. The van der Waals surface area contributed by atoms with Gasteiger partial charge in [-0.05, 0) is 36.8 Å². The highest BCUT2D eigenvalue weighted by Gasteiger charge is 2.06. The van der Waals surface area contributed by atoms with E-state index in [-0.39, 0.29) is 0 Å². The molecule has 0 saturated carbocycles. The van der Waals surface area contributed by atoms with Crippen LogP contribution in [-0.4, -0.2) is 5.11 Å². The average Bonchev–Trinajstić information content (AvgIpc) is 2.75. The molecule has 0 amide bonds. The molecule has 17 heavy (non-hydrogen) atoms. The first-order valence-corrected chi connectivity index (χ1v) is 6.49. The molecule has 90 valence electrons. The van der Waals surface area contributed by atoms with Crippen molar-refractivity contribution in [3.05, 3.63) is 51.9 Å². The van der Waals surface area contributed by atoms with Crippen LogP contribution < -0.4 is 4.74 Å². The molecule has 4 heteroatoms. The summed E-state index contributed by atoms with van der Waals surface area (Å²) in [5.74, 6) is 0. The fraction of sp³-hybridized carbons (Fsp3) is 0.231. The van der Waals surface area contributed by atoms with Gasteiger partial charge in [-0.2, -0.15) is 0 Å². The fourth-order valence-electron chi connectivity index (χ4n) is 1.42. The number of benzene rings is 1. The van der Waals surface area contributed by atoms with Crippen molar-refractivity contribution in [2.24, 2.45) is 0 Å². The topological polar surface area (TPSA) is 29.5 Å². The van der Waals surface area contributed by atoms with E-state index in [4.69, 9.17) is 16.3 Å². The van der Waals surface area contributed by atoms with Crippen molar-refractivity contribution in [1.82, 2.24) is 0 Å². The van der Waals surface area contributed by atoms with Crippen molar-refractivity contribution in [3.8, 4) is 5.06 Å². The van der Waals surface area contributed by atoms with Gasteiger partial charge < -0.3 is 9.84 Å². The lowest BCUT2D eigenvalue weighted by molar-refractivity contribution is 0.203. The number of aliphatic hydroxyl groups is 1. The van der Waals surface area contributed by atoms with Crippen LogP contribution in [0.3, 0.4) is 0 Å². The fourth-order valence-corrected chi connectivity index (χ4v) is 2.42. The first-order valence-electron chi connectivity index (χ1n) is 5.30. The minimum absolute atomic E-state index is 0.441. The van der Waals surface area contributed by atoms with Gasteiger partial charge in [-0.25, -0.2) is 0 Å². The SMILES string of the molecule is CC(O)c1ccc(OCc2cccc(Cl)c2)s1. The number of aliphatic hydroxyl groups excluding tert-OH is 1. The summed E-state index contributed by atoms with van der Waals surface area (Å²) in [4.78, 5) is 0.908. The van der Waals surface area contributed by atoms with Gasteiger partial charge >= 0.3 is 0 Å². The lowest BCUT2D eigenvalue weighted by Gasteiger charge is -2.04. The predicted molar refractivity (Wildman–Crippen MR) is 70.7 cm³/mol. The number of thiophene rings is 1. The summed E-state index contributed by atoms with van der Waals surface area (Å²) in [6.07, 6.45) is -0.441. The number of ether oxygens (including phenoxy) is 1. The second-order valence-corrected chi connectivity index (χ2v) is 5.27. The van der Waals surface area contributed by atoms with Gasteiger partial charge in [0.2, 0.25) is 0 Å². The van der Waals surface area contributed by atoms with Crippen molar-refractivity contribution < 1.29 is 9.84 Å². The summed E-state index contributed by atoms with van der Waals surface area (Å²) >= 11 is 7.35. The summed E-state index contributed by atoms with van der Waals surface area (Å²) in [5.41, 5.74) is 1.03. The Bertz CT molecular complexity index is 494. The molecule has 0 aliphatic heterocycles. The van der Waals surface area contributed by atoms with Crippen LogP contribution in [0.2, 0.25) is 5.02 Å². The van der Waals surface area contributed by atoms with E-state index in [2.05, 4.69) is 0 Å². The minimum Gasteiger partial charge on any atom is -0.479 e. The second-order valence-electron chi connectivity index (χ2n) is 3.75. The maximum absolute atomic E-state index is 9.40. The van der Waals surface area contributed by atoms with E-state index in [9.17, 15) is 5.11 Å². The number of hydrogen-bond acceptors (Lipinski definition) is 3. The standard InChI is InChI=1S/C13H13ClO2S/c1-9(15)12-5-6-13(17-12)16-8-10-3-2-4-11(14)7-10/h2-7,9,15H,8H2,1H3. The Balaban J connectivity index is 1.97. The van der Waals surface area contributed by atoms with Gasteiger partial charge in [0.15, 0.2) is 5.06 Å². The highest BCUT2D eigenvalue weighted by atomic mass is 35.5. The maximum atomic E-state index is 9.40. The Morgan fingerprint density at radius 1 is 1.35 bits per heavy atom. The van der Waals surface area contributed by atoms with Crippen LogP contribution in [0.15, 0.2) is 36.4 Å². The zero-order chi connectivity index (χ0) is 12.3. The normalized spacial score (nSPS) is 12.4. The highest BCUT2D eigenvalue weighted by molar-refractivity contribution is 7.13. The molecule has 0 radical (unpaired) electrons. The molecule has 1 aromatic heterocycles. The van der Waals surface area contributed by atoms with Crippen LogP contribution in [-0.2, 0) is 6.61 Å². The third-order valence-electron chi connectivity index (χ3n) is 2.28. The molecule has 2 aromatic rings. The van der Waals surface area contributed by atoms with Crippen molar-refractivity contribution in [2.75, 3.05) is 0 Å². The van der Waals surface area contributed by atoms with E-state index in [0.717, 1.165) is 15.5 Å². The van der Waals surface area contributed by atoms with Crippen molar-refractivity contribution in [1.29, 1.82) is 0 Å². The van der Waals surface area contributed by atoms with E-state index in [1.54, 1.807) is 6.92 Å². The predicted octanol–water partition coefficient (Wildman–Crippen LogP) is 4.03. The smallest absolute Gasteiger partial charge is 0.174 e. The summed E-state index contributed by atoms with van der Waals surface area (Å²) in [6, 6.07) is 11.3. The number of rotatable bonds is 4. The Morgan fingerprint density at radius 2 is 2.18 bits per heavy atom. The van der Waals surface area contributed by atoms with Gasteiger partial charge in [0, 0.05) is 9.90 Å². The largest absolute Gasteiger partial charge is 0.479 e. The summed E-state index contributed by atoms with van der Waals surface area (Å²) < 4.78 is 5.63. The highest BCUT2D eigenvalue weighted by Crippen LogP contribution is 2.29. The molecule has 0 saturated heterocycles. The lowest BCUT2D eigenvalue weighted by Crippen LogP contribution is -1.93. The quantitative estimate of drug-likeness (QED) is 0.907. The summed E-state index contributed by atoms with van der Waals surface area (Å²) in [7, 11) is 0. The minimum atomic E-state index is -0.441. The number of halogens is 1. The van der Waals surface area contributed by atoms with Gasteiger partial charge in [0.1, 0.15) is 6.61 Å². The van der Waals surface area contributed by atoms with E-state index >= 15 is 0 Å². The van der Waals surface area contributed by atoms with Crippen LogP contribution in [0.1, 0.15) is 23.5 Å². The molecule has 1 unspecified atom stereocenters. The Kier molecular flexibility index (Phi) is 4.05. The van der Waals surface area contributed by atoms with Crippen LogP contribution in [0.25, 0.3) is 0 Å². The average molecular weight is 269 g/mol.